The van der Waals surface area contributed by atoms with E-state index in [1.54, 1.807) is 29.2 Å². The topological polar surface area (TPSA) is 99.2 Å². The Morgan fingerprint density at radius 1 is 1.15 bits per heavy atom. The predicted molar refractivity (Wildman–Crippen MR) is 99.4 cm³/mol. The minimum atomic E-state index is -0.510. The second-order valence-electron chi connectivity index (χ2n) is 5.94. The van der Waals surface area contributed by atoms with E-state index in [0.29, 0.717) is 17.8 Å². The highest BCUT2D eigenvalue weighted by Crippen LogP contribution is 2.27. The summed E-state index contributed by atoms with van der Waals surface area (Å²) in [5.74, 6) is -0.843. The minimum Gasteiger partial charge on any atom is -0.366 e. The molecule has 0 unspecified atom stereocenters. The van der Waals surface area contributed by atoms with Gasteiger partial charge in [0.15, 0.2) is 0 Å². The van der Waals surface area contributed by atoms with Gasteiger partial charge in [-0.2, -0.15) is 5.26 Å². The number of nitrogens with one attached hydrogen (secondary N) is 1. The average molecular weight is 346 g/mol. The number of carbonyl (C=O) groups is 2. The Morgan fingerprint density at radius 2 is 1.88 bits per heavy atom. The SMILES string of the molecule is N#C/C(=C/Nc1ccc(C(N)=O)cc1)C(=O)N1CCCc2ccccc21. The fraction of sp³-hybridized carbons (Fsp3) is 0.150. The molecular formula is C20H18N4O2. The van der Waals surface area contributed by atoms with Crippen LogP contribution in [0.4, 0.5) is 11.4 Å². The summed E-state index contributed by atoms with van der Waals surface area (Å²) in [4.78, 5) is 25.5. The number of benzene rings is 2. The summed E-state index contributed by atoms with van der Waals surface area (Å²) in [6.45, 7) is 0.585. The van der Waals surface area contributed by atoms with Crippen molar-refractivity contribution in [3.8, 4) is 6.07 Å². The zero-order valence-electron chi connectivity index (χ0n) is 14.1. The molecule has 1 aliphatic rings. The number of anilines is 2. The Hall–Kier alpha value is -3.59. The van der Waals surface area contributed by atoms with Gasteiger partial charge >= 0.3 is 0 Å². The number of hydrogen-bond acceptors (Lipinski definition) is 4. The van der Waals surface area contributed by atoms with Crippen molar-refractivity contribution in [3.63, 3.8) is 0 Å². The van der Waals surface area contributed by atoms with E-state index in [0.717, 1.165) is 24.1 Å². The third-order valence-electron chi connectivity index (χ3n) is 4.26. The van der Waals surface area contributed by atoms with Gasteiger partial charge in [0.1, 0.15) is 11.6 Å². The Bertz CT molecular complexity index is 910. The van der Waals surface area contributed by atoms with E-state index in [4.69, 9.17) is 5.73 Å². The number of amides is 2. The summed E-state index contributed by atoms with van der Waals surface area (Å²) in [5.41, 5.74) is 8.22. The Kier molecular flexibility index (Phi) is 4.99. The monoisotopic (exact) mass is 346 g/mol. The van der Waals surface area contributed by atoms with E-state index < -0.39 is 5.91 Å². The standard InChI is InChI=1S/C20H18N4O2/c21-12-16(13-23-17-9-7-15(8-10-17)19(22)25)20(26)24-11-3-5-14-4-1-2-6-18(14)24/h1-2,4,6-10,13,23H,3,5,11H2,(H2,22,25)/b16-13-. The van der Waals surface area contributed by atoms with Gasteiger partial charge in [-0.1, -0.05) is 18.2 Å². The molecule has 2 aromatic carbocycles. The molecule has 0 aromatic heterocycles. The van der Waals surface area contributed by atoms with Crippen LogP contribution in [0.5, 0.6) is 0 Å². The highest BCUT2D eigenvalue weighted by Gasteiger charge is 2.24. The van der Waals surface area contributed by atoms with E-state index >= 15 is 0 Å². The van der Waals surface area contributed by atoms with Crippen LogP contribution in [0.15, 0.2) is 60.3 Å². The molecule has 0 fully saturated rings. The van der Waals surface area contributed by atoms with Crippen LogP contribution < -0.4 is 16.0 Å². The number of aryl methyl sites for hydroxylation is 1. The molecule has 3 N–H and O–H groups in total. The number of nitrogens with two attached hydrogens (primary N) is 1. The minimum absolute atomic E-state index is 0.0145. The quantitative estimate of drug-likeness (QED) is 0.656. The van der Waals surface area contributed by atoms with Crippen molar-refractivity contribution in [2.45, 2.75) is 12.8 Å². The van der Waals surface area contributed by atoms with Crippen molar-refractivity contribution >= 4 is 23.2 Å². The molecule has 130 valence electrons. The van der Waals surface area contributed by atoms with Crippen LogP contribution in [0.3, 0.4) is 0 Å². The molecule has 0 radical (unpaired) electrons. The fourth-order valence-corrected chi connectivity index (χ4v) is 2.92. The van der Waals surface area contributed by atoms with Crippen LogP contribution in [0, 0.1) is 11.3 Å². The molecule has 0 bridgehead atoms. The van der Waals surface area contributed by atoms with Gasteiger partial charge in [0, 0.05) is 29.7 Å². The first-order valence-electron chi connectivity index (χ1n) is 8.26. The van der Waals surface area contributed by atoms with Gasteiger partial charge in [0.25, 0.3) is 5.91 Å². The molecule has 0 aliphatic carbocycles. The van der Waals surface area contributed by atoms with Gasteiger partial charge in [-0.05, 0) is 48.7 Å². The lowest BCUT2D eigenvalue weighted by atomic mass is 10.0. The number of nitrogens with zero attached hydrogens (tertiary/aromatic N) is 2. The van der Waals surface area contributed by atoms with Crippen molar-refractivity contribution in [2.75, 3.05) is 16.8 Å². The van der Waals surface area contributed by atoms with Crippen LogP contribution in [0.1, 0.15) is 22.3 Å². The van der Waals surface area contributed by atoms with Gasteiger partial charge < -0.3 is 16.0 Å². The summed E-state index contributed by atoms with van der Waals surface area (Å²) in [7, 11) is 0. The van der Waals surface area contributed by atoms with Crippen LogP contribution in [-0.4, -0.2) is 18.4 Å². The van der Waals surface area contributed by atoms with Crippen molar-refractivity contribution < 1.29 is 9.59 Å². The van der Waals surface area contributed by atoms with Gasteiger partial charge in [0.05, 0.1) is 0 Å². The molecule has 0 saturated heterocycles. The van der Waals surface area contributed by atoms with Crippen LogP contribution in [0.2, 0.25) is 0 Å². The molecule has 1 heterocycles. The number of rotatable bonds is 4. The van der Waals surface area contributed by atoms with E-state index in [1.807, 2.05) is 30.3 Å². The van der Waals surface area contributed by atoms with Gasteiger partial charge in [-0.3, -0.25) is 9.59 Å². The number of fused-ring (bicyclic) bond motifs is 1. The van der Waals surface area contributed by atoms with Crippen molar-refractivity contribution in [2.24, 2.45) is 5.73 Å². The normalized spacial score (nSPS) is 13.5. The maximum atomic E-state index is 12.8. The number of hydrogen-bond donors (Lipinski definition) is 2. The summed E-state index contributed by atoms with van der Waals surface area (Å²) in [5, 5.41) is 12.3. The van der Waals surface area contributed by atoms with Crippen LogP contribution in [-0.2, 0) is 11.2 Å². The smallest absolute Gasteiger partial charge is 0.270 e. The van der Waals surface area contributed by atoms with Gasteiger partial charge in [0.2, 0.25) is 5.91 Å². The first-order valence-corrected chi connectivity index (χ1v) is 8.26. The molecule has 0 atom stereocenters. The lowest BCUT2D eigenvalue weighted by Gasteiger charge is -2.29. The molecule has 2 amide bonds. The predicted octanol–water partition coefficient (Wildman–Crippen LogP) is 2.58. The number of carbonyl (C=O) groups excluding carboxylic acids is 2. The lowest BCUT2D eigenvalue weighted by molar-refractivity contribution is -0.114. The summed E-state index contributed by atoms with van der Waals surface area (Å²) in [6.07, 6.45) is 3.18. The highest BCUT2D eigenvalue weighted by atomic mass is 16.2. The lowest BCUT2D eigenvalue weighted by Crippen LogP contribution is -2.36. The first-order chi connectivity index (χ1) is 12.6. The number of primary amides is 1. The fourth-order valence-electron chi connectivity index (χ4n) is 2.92. The summed E-state index contributed by atoms with van der Waals surface area (Å²) < 4.78 is 0. The Labute approximate surface area is 151 Å². The molecule has 6 nitrogen and oxygen atoms in total. The molecule has 0 saturated carbocycles. The zero-order chi connectivity index (χ0) is 18.5. The third kappa shape index (κ3) is 3.57. The van der Waals surface area contributed by atoms with E-state index in [-0.39, 0.29) is 11.5 Å². The molecular weight excluding hydrogens is 328 g/mol. The van der Waals surface area contributed by atoms with Crippen molar-refractivity contribution in [3.05, 3.63) is 71.4 Å². The van der Waals surface area contributed by atoms with E-state index in [2.05, 4.69) is 5.32 Å². The molecule has 2 aromatic rings. The average Bonchev–Trinajstić information content (AvgIpc) is 2.68. The molecule has 0 spiro atoms. The summed E-state index contributed by atoms with van der Waals surface area (Å²) >= 11 is 0. The maximum Gasteiger partial charge on any atom is 0.270 e. The van der Waals surface area contributed by atoms with Crippen LogP contribution >= 0.6 is 0 Å². The van der Waals surface area contributed by atoms with Crippen molar-refractivity contribution in [1.29, 1.82) is 5.26 Å². The van der Waals surface area contributed by atoms with Crippen LogP contribution in [0.25, 0.3) is 0 Å². The number of nitriles is 1. The van der Waals surface area contributed by atoms with E-state index in [1.165, 1.54) is 6.20 Å². The zero-order valence-corrected chi connectivity index (χ0v) is 14.1. The van der Waals surface area contributed by atoms with Gasteiger partial charge in [-0.15, -0.1) is 0 Å². The molecule has 1 aliphatic heterocycles. The Balaban J connectivity index is 1.78. The Morgan fingerprint density at radius 3 is 2.58 bits per heavy atom. The molecule has 6 heteroatoms. The number of para-hydroxylation sites is 1. The highest BCUT2D eigenvalue weighted by molar-refractivity contribution is 6.09. The summed E-state index contributed by atoms with van der Waals surface area (Å²) in [6, 6.07) is 16.2. The molecule has 26 heavy (non-hydrogen) atoms. The van der Waals surface area contributed by atoms with Crippen molar-refractivity contribution in [1.82, 2.24) is 0 Å². The van der Waals surface area contributed by atoms with Gasteiger partial charge in [-0.25, -0.2) is 0 Å². The first kappa shape index (κ1) is 17.2. The molecule has 3 rings (SSSR count). The second-order valence-corrected chi connectivity index (χ2v) is 5.94. The van der Waals surface area contributed by atoms with E-state index in [9.17, 15) is 14.9 Å². The maximum absolute atomic E-state index is 12.8. The largest absolute Gasteiger partial charge is 0.366 e. The second kappa shape index (κ2) is 7.53. The third-order valence-corrected chi connectivity index (χ3v) is 4.26.